The monoisotopic (exact) mass is 562 g/mol. The summed E-state index contributed by atoms with van der Waals surface area (Å²) >= 11 is 0. The summed E-state index contributed by atoms with van der Waals surface area (Å²) in [7, 11) is 4.58. The first-order valence-corrected chi connectivity index (χ1v) is 13.0. The average molecular weight is 563 g/mol. The number of hydrogen-bond donors (Lipinski definition) is 2. The van der Waals surface area contributed by atoms with Crippen molar-refractivity contribution in [2.45, 2.75) is 0 Å². The van der Waals surface area contributed by atoms with Crippen molar-refractivity contribution >= 4 is 35.4 Å². The van der Waals surface area contributed by atoms with Crippen LogP contribution in [0.1, 0.15) is 31.8 Å². The lowest BCUT2D eigenvalue weighted by Crippen LogP contribution is -2.30. The highest BCUT2D eigenvalue weighted by Gasteiger charge is 2.17. The molecule has 4 aromatic carbocycles. The number of amides is 2. The minimum absolute atomic E-state index is 0.0182. The summed E-state index contributed by atoms with van der Waals surface area (Å²) in [5, 5.41) is 5.49. The van der Waals surface area contributed by atoms with Crippen LogP contribution in [-0.2, 0) is 4.79 Å². The second kappa shape index (κ2) is 14.1. The van der Waals surface area contributed by atoms with Crippen LogP contribution in [0.15, 0.2) is 109 Å². The van der Waals surface area contributed by atoms with Crippen LogP contribution >= 0.6 is 0 Å². The smallest absolute Gasteiger partial charge is 0.272 e. The second-order valence-corrected chi connectivity index (χ2v) is 8.93. The summed E-state index contributed by atoms with van der Waals surface area (Å²) in [6.07, 6.45) is 4.67. The van der Waals surface area contributed by atoms with Gasteiger partial charge in [-0.3, -0.25) is 14.4 Å². The van der Waals surface area contributed by atoms with Crippen molar-refractivity contribution in [2.24, 2.45) is 0 Å². The van der Waals surface area contributed by atoms with Crippen LogP contribution in [0.25, 0.3) is 12.2 Å². The van der Waals surface area contributed by atoms with Crippen LogP contribution in [0.2, 0.25) is 0 Å². The fourth-order valence-corrected chi connectivity index (χ4v) is 4.11. The zero-order valence-electron chi connectivity index (χ0n) is 23.4. The molecular weight excluding hydrogens is 532 g/mol. The first kappa shape index (κ1) is 29.4. The van der Waals surface area contributed by atoms with Gasteiger partial charge in [-0.25, -0.2) is 0 Å². The van der Waals surface area contributed by atoms with Crippen molar-refractivity contribution in [1.29, 1.82) is 0 Å². The Hall–Kier alpha value is -5.63. The van der Waals surface area contributed by atoms with E-state index in [1.54, 1.807) is 86.0 Å². The van der Waals surface area contributed by atoms with E-state index in [1.165, 1.54) is 26.4 Å². The van der Waals surface area contributed by atoms with Gasteiger partial charge in [-0.05, 0) is 66.8 Å². The van der Waals surface area contributed by atoms with Crippen molar-refractivity contribution in [2.75, 3.05) is 26.6 Å². The number of ketones is 1. The molecule has 0 saturated carbocycles. The lowest BCUT2D eigenvalue weighted by atomic mass is 10.1. The number of nitrogens with one attached hydrogen (secondary N) is 2. The Bertz CT molecular complexity index is 1630. The molecule has 0 atom stereocenters. The molecule has 0 spiro atoms. The Balaban J connectivity index is 1.56. The molecule has 0 radical (unpaired) electrons. The normalized spacial score (nSPS) is 11.1. The van der Waals surface area contributed by atoms with E-state index in [1.807, 2.05) is 24.3 Å². The van der Waals surface area contributed by atoms with Gasteiger partial charge in [0.05, 0.1) is 21.3 Å². The van der Waals surface area contributed by atoms with E-state index in [2.05, 4.69) is 10.6 Å². The molecule has 4 rings (SSSR count). The first-order chi connectivity index (χ1) is 20.4. The highest BCUT2D eigenvalue weighted by Crippen LogP contribution is 2.32. The molecule has 0 aliphatic rings. The van der Waals surface area contributed by atoms with Gasteiger partial charge in [0.15, 0.2) is 17.3 Å². The van der Waals surface area contributed by atoms with Gasteiger partial charge in [0.2, 0.25) is 0 Å². The number of ether oxygens (including phenoxy) is 3. The van der Waals surface area contributed by atoms with E-state index in [0.717, 1.165) is 5.56 Å². The van der Waals surface area contributed by atoms with Crippen molar-refractivity contribution in [1.82, 2.24) is 5.32 Å². The largest absolute Gasteiger partial charge is 0.496 e. The number of hydrogen-bond acceptors (Lipinski definition) is 6. The van der Waals surface area contributed by atoms with E-state index < -0.39 is 11.8 Å². The summed E-state index contributed by atoms with van der Waals surface area (Å²) in [5.74, 6) is 0.304. The summed E-state index contributed by atoms with van der Waals surface area (Å²) in [6.45, 7) is 0. The maximum Gasteiger partial charge on any atom is 0.272 e. The van der Waals surface area contributed by atoms with Crippen molar-refractivity contribution < 1.29 is 28.6 Å². The van der Waals surface area contributed by atoms with Gasteiger partial charge in [-0.1, -0.05) is 48.5 Å². The lowest BCUT2D eigenvalue weighted by molar-refractivity contribution is -0.113. The Morgan fingerprint density at radius 2 is 1.29 bits per heavy atom. The molecule has 2 amide bonds. The van der Waals surface area contributed by atoms with Gasteiger partial charge >= 0.3 is 0 Å². The van der Waals surface area contributed by atoms with E-state index in [4.69, 9.17) is 14.2 Å². The molecule has 0 fully saturated rings. The summed E-state index contributed by atoms with van der Waals surface area (Å²) in [5.41, 5.74) is 2.55. The van der Waals surface area contributed by atoms with Gasteiger partial charge < -0.3 is 24.8 Å². The number of para-hydroxylation sites is 2. The zero-order valence-corrected chi connectivity index (χ0v) is 23.4. The van der Waals surface area contributed by atoms with E-state index in [-0.39, 0.29) is 11.5 Å². The summed E-state index contributed by atoms with van der Waals surface area (Å²) in [4.78, 5) is 39.1. The standard InChI is InChI=1S/C34H30N2O6/c1-40-30-14-8-7-10-24(30)18-21-29(37)23-16-19-27(20-17-23)35-34(39)28(36-33(38)25-11-5-4-6-12-25)22-26-13-9-15-31(41-2)32(26)42-3/h4-22H,1-3H3,(H,35,39)(H,36,38)/b21-18+,28-22-. The average Bonchev–Trinajstić information content (AvgIpc) is 3.03. The molecular formula is C34H30N2O6. The van der Waals surface area contributed by atoms with Gasteiger partial charge in [0, 0.05) is 27.9 Å². The van der Waals surface area contributed by atoms with Crippen LogP contribution in [0, 0.1) is 0 Å². The van der Waals surface area contributed by atoms with Gasteiger partial charge in [0.1, 0.15) is 11.4 Å². The molecule has 0 heterocycles. The zero-order chi connectivity index (χ0) is 29.9. The molecule has 0 aliphatic heterocycles. The minimum Gasteiger partial charge on any atom is -0.496 e. The predicted octanol–water partition coefficient (Wildman–Crippen LogP) is 6.02. The topological polar surface area (TPSA) is 103 Å². The molecule has 4 aromatic rings. The Morgan fingerprint density at radius 1 is 0.643 bits per heavy atom. The fraction of sp³-hybridized carbons (Fsp3) is 0.0882. The summed E-state index contributed by atoms with van der Waals surface area (Å²) in [6, 6.07) is 27.6. The van der Waals surface area contributed by atoms with E-state index in [9.17, 15) is 14.4 Å². The third-order valence-corrected chi connectivity index (χ3v) is 6.24. The molecule has 0 unspecified atom stereocenters. The minimum atomic E-state index is -0.570. The van der Waals surface area contributed by atoms with Gasteiger partial charge in [-0.15, -0.1) is 0 Å². The Morgan fingerprint density at radius 3 is 1.98 bits per heavy atom. The molecule has 0 aromatic heterocycles. The lowest BCUT2D eigenvalue weighted by Gasteiger charge is -2.14. The number of carbonyl (C=O) groups excluding carboxylic acids is 3. The maximum absolute atomic E-state index is 13.4. The quantitative estimate of drug-likeness (QED) is 0.171. The summed E-state index contributed by atoms with van der Waals surface area (Å²) < 4.78 is 16.2. The van der Waals surface area contributed by atoms with Crippen molar-refractivity contribution in [3.63, 3.8) is 0 Å². The molecule has 8 nitrogen and oxygen atoms in total. The molecule has 212 valence electrons. The predicted molar refractivity (Wildman–Crippen MR) is 163 cm³/mol. The van der Waals surface area contributed by atoms with Crippen LogP contribution in [0.3, 0.4) is 0 Å². The van der Waals surface area contributed by atoms with Crippen LogP contribution in [-0.4, -0.2) is 38.9 Å². The van der Waals surface area contributed by atoms with Crippen LogP contribution < -0.4 is 24.8 Å². The third-order valence-electron chi connectivity index (χ3n) is 6.24. The molecule has 8 heteroatoms. The molecule has 42 heavy (non-hydrogen) atoms. The van der Waals surface area contributed by atoms with Crippen LogP contribution in [0.4, 0.5) is 5.69 Å². The van der Waals surface area contributed by atoms with Crippen LogP contribution in [0.5, 0.6) is 17.2 Å². The third kappa shape index (κ3) is 7.31. The number of carbonyl (C=O) groups is 3. The van der Waals surface area contributed by atoms with E-state index >= 15 is 0 Å². The molecule has 0 aliphatic carbocycles. The number of rotatable bonds is 11. The molecule has 2 N–H and O–H groups in total. The van der Waals surface area contributed by atoms with Crippen molar-refractivity contribution in [3.05, 3.63) is 131 Å². The van der Waals surface area contributed by atoms with E-state index in [0.29, 0.717) is 39.6 Å². The van der Waals surface area contributed by atoms with Crippen molar-refractivity contribution in [3.8, 4) is 17.2 Å². The highest BCUT2D eigenvalue weighted by molar-refractivity contribution is 6.11. The second-order valence-electron chi connectivity index (χ2n) is 8.93. The number of anilines is 1. The Labute approximate surface area is 244 Å². The van der Waals surface area contributed by atoms with Gasteiger partial charge in [-0.2, -0.15) is 0 Å². The SMILES string of the molecule is COc1ccccc1/C=C/C(=O)c1ccc(NC(=O)/C(=C/c2cccc(OC)c2OC)NC(=O)c2ccccc2)cc1. The van der Waals surface area contributed by atoms with Gasteiger partial charge in [0.25, 0.3) is 11.8 Å². The Kier molecular flexibility index (Phi) is 9.88. The number of benzene rings is 4. The number of methoxy groups -OCH3 is 3. The highest BCUT2D eigenvalue weighted by atomic mass is 16.5. The maximum atomic E-state index is 13.4. The number of allylic oxidation sites excluding steroid dienone is 1. The fourth-order valence-electron chi connectivity index (χ4n) is 4.11. The molecule has 0 bridgehead atoms. The molecule has 0 saturated heterocycles. The first-order valence-electron chi connectivity index (χ1n) is 13.0.